The molecule has 1 aromatic rings. The molecule has 0 amide bonds. The van der Waals surface area contributed by atoms with Gasteiger partial charge in [-0.05, 0) is 19.3 Å². The first-order valence-electron chi connectivity index (χ1n) is 6.53. The predicted octanol–water partition coefficient (Wildman–Crippen LogP) is 3.57. The minimum Gasteiger partial charge on any atom is -0.443 e. The molecule has 0 aliphatic carbocycles. The highest BCUT2D eigenvalue weighted by atomic mass is 16.7. The standard InChI is InChI=1S/C16H21NO3/c1-6-8-9-12(3)14(7-2)16-15(17-10-19-16)13(4)20-11-18-5/h1,10,12-13H,2,8-9,11H2,3-5H3. The average molecular weight is 275 g/mol. The fourth-order valence-corrected chi connectivity index (χ4v) is 1.92. The van der Waals surface area contributed by atoms with E-state index in [0.717, 1.165) is 17.7 Å². The number of rotatable bonds is 8. The minimum absolute atomic E-state index is 0.199. The number of terminal acetylenes is 1. The van der Waals surface area contributed by atoms with Crippen LogP contribution in [0.4, 0.5) is 0 Å². The van der Waals surface area contributed by atoms with Crippen molar-refractivity contribution >= 4 is 5.57 Å². The number of oxazole rings is 1. The van der Waals surface area contributed by atoms with Gasteiger partial charge in [-0.3, -0.25) is 0 Å². The number of methoxy groups -OCH3 is 1. The van der Waals surface area contributed by atoms with Gasteiger partial charge in [-0.15, -0.1) is 18.1 Å². The quantitative estimate of drug-likeness (QED) is 0.413. The molecule has 0 saturated heterocycles. The van der Waals surface area contributed by atoms with Crippen LogP contribution in [0.15, 0.2) is 23.1 Å². The van der Waals surface area contributed by atoms with Gasteiger partial charge in [0.15, 0.2) is 12.2 Å². The van der Waals surface area contributed by atoms with Gasteiger partial charge >= 0.3 is 0 Å². The van der Waals surface area contributed by atoms with Gasteiger partial charge in [0.25, 0.3) is 0 Å². The monoisotopic (exact) mass is 275 g/mol. The third kappa shape index (κ3) is 4.11. The molecular formula is C16H21NO3. The molecule has 108 valence electrons. The summed E-state index contributed by atoms with van der Waals surface area (Å²) in [6.45, 7) is 7.91. The molecule has 0 spiro atoms. The maximum atomic E-state index is 5.50. The first-order valence-corrected chi connectivity index (χ1v) is 6.53. The summed E-state index contributed by atoms with van der Waals surface area (Å²) in [6, 6.07) is 0. The van der Waals surface area contributed by atoms with E-state index in [0.29, 0.717) is 12.2 Å². The zero-order chi connectivity index (χ0) is 15.0. The molecule has 1 aromatic heterocycles. The molecule has 1 heterocycles. The van der Waals surface area contributed by atoms with Crippen molar-refractivity contribution in [1.82, 2.24) is 4.98 Å². The van der Waals surface area contributed by atoms with Gasteiger partial charge in [0.2, 0.25) is 0 Å². The van der Waals surface area contributed by atoms with Crippen molar-refractivity contribution in [3.05, 3.63) is 30.2 Å². The van der Waals surface area contributed by atoms with Gasteiger partial charge in [0.05, 0.1) is 0 Å². The van der Waals surface area contributed by atoms with Crippen molar-refractivity contribution in [3.8, 4) is 12.3 Å². The Morgan fingerprint density at radius 1 is 1.55 bits per heavy atom. The molecule has 4 nitrogen and oxygen atoms in total. The fourth-order valence-electron chi connectivity index (χ4n) is 1.92. The topological polar surface area (TPSA) is 44.5 Å². The Balaban J connectivity index is 2.92. The average Bonchev–Trinajstić information content (AvgIpc) is 2.92. The van der Waals surface area contributed by atoms with Crippen molar-refractivity contribution in [2.75, 3.05) is 13.9 Å². The molecule has 2 atom stereocenters. The molecule has 0 radical (unpaired) electrons. The van der Waals surface area contributed by atoms with E-state index in [4.69, 9.17) is 20.3 Å². The lowest BCUT2D eigenvalue weighted by molar-refractivity contribution is -0.0680. The summed E-state index contributed by atoms with van der Waals surface area (Å²) in [5, 5.41) is 0. The lowest BCUT2D eigenvalue weighted by Gasteiger charge is -2.15. The van der Waals surface area contributed by atoms with Crippen molar-refractivity contribution in [2.24, 2.45) is 5.92 Å². The summed E-state index contributed by atoms with van der Waals surface area (Å²) in [7, 11) is 1.58. The van der Waals surface area contributed by atoms with E-state index in [1.54, 1.807) is 7.11 Å². The number of aromatic nitrogens is 1. The third-order valence-corrected chi connectivity index (χ3v) is 3.07. The van der Waals surface area contributed by atoms with Crippen molar-refractivity contribution in [2.45, 2.75) is 32.8 Å². The summed E-state index contributed by atoms with van der Waals surface area (Å²) in [5.74, 6) is 3.50. The highest BCUT2D eigenvalue weighted by molar-refractivity contribution is 5.64. The Morgan fingerprint density at radius 3 is 2.90 bits per heavy atom. The molecule has 20 heavy (non-hydrogen) atoms. The highest BCUT2D eigenvalue weighted by Gasteiger charge is 2.22. The Morgan fingerprint density at radius 2 is 2.30 bits per heavy atom. The van der Waals surface area contributed by atoms with Crippen LogP contribution in [0, 0.1) is 18.3 Å². The molecule has 0 fully saturated rings. The van der Waals surface area contributed by atoms with Crippen LogP contribution in [-0.2, 0) is 9.47 Å². The summed E-state index contributed by atoms with van der Waals surface area (Å²) in [5.41, 5.74) is 4.54. The van der Waals surface area contributed by atoms with Gasteiger partial charge in [-0.1, -0.05) is 13.5 Å². The van der Waals surface area contributed by atoms with Crippen LogP contribution in [-0.4, -0.2) is 18.9 Å². The van der Waals surface area contributed by atoms with Gasteiger partial charge < -0.3 is 13.9 Å². The minimum atomic E-state index is -0.230. The van der Waals surface area contributed by atoms with Gasteiger partial charge in [0, 0.05) is 19.1 Å². The fraction of sp³-hybridized carbons (Fsp3) is 0.500. The first kappa shape index (κ1) is 16.3. The smallest absolute Gasteiger partial charge is 0.181 e. The predicted molar refractivity (Wildman–Crippen MR) is 77.7 cm³/mol. The zero-order valence-corrected chi connectivity index (χ0v) is 12.3. The van der Waals surface area contributed by atoms with E-state index in [-0.39, 0.29) is 18.8 Å². The van der Waals surface area contributed by atoms with E-state index in [1.807, 2.05) is 6.92 Å². The molecule has 1 rings (SSSR count). The van der Waals surface area contributed by atoms with E-state index < -0.39 is 0 Å². The first-order chi connectivity index (χ1) is 9.65. The van der Waals surface area contributed by atoms with Crippen molar-refractivity contribution in [3.63, 3.8) is 0 Å². The normalized spacial score (nSPS) is 13.3. The maximum absolute atomic E-state index is 5.50. The number of nitrogens with zero attached hydrogens (tertiary/aromatic N) is 1. The van der Waals surface area contributed by atoms with Crippen molar-refractivity contribution in [1.29, 1.82) is 0 Å². The van der Waals surface area contributed by atoms with Gasteiger partial charge in [-0.25, -0.2) is 4.98 Å². The molecule has 2 unspecified atom stereocenters. The lowest BCUT2D eigenvalue weighted by atomic mass is 9.93. The molecule has 0 saturated carbocycles. The molecular weight excluding hydrogens is 254 g/mol. The number of hydrogen-bond donors (Lipinski definition) is 0. The van der Waals surface area contributed by atoms with Crippen LogP contribution >= 0.6 is 0 Å². The summed E-state index contributed by atoms with van der Waals surface area (Å²) >= 11 is 0. The molecule has 0 aliphatic heterocycles. The van der Waals surface area contributed by atoms with E-state index in [2.05, 4.69) is 30.1 Å². The second-order valence-corrected chi connectivity index (χ2v) is 4.52. The second-order valence-electron chi connectivity index (χ2n) is 4.52. The van der Waals surface area contributed by atoms with Gasteiger partial charge in [-0.2, -0.15) is 0 Å². The third-order valence-electron chi connectivity index (χ3n) is 3.07. The van der Waals surface area contributed by atoms with E-state index in [9.17, 15) is 0 Å². The Labute approximate surface area is 120 Å². The van der Waals surface area contributed by atoms with Crippen LogP contribution in [0.2, 0.25) is 0 Å². The molecule has 0 aromatic carbocycles. The van der Waals surface area contributed by atoms with Crippen molar-refractivity contribution < 1.29 is 13.9 Å². The zero-order valence-electron chi connectivity index (χ0n) is 12.3. The largest absolute Gasteiger partial charge is 0.443 e. The summed E-state index contributed by atoms with van der Waals surface area (Å²) < 4.78 is 15.9. The maximum Gasteiger partial charge on any atom is 0.181 e. The van der Waals surface area contributed by atoms with E-state index in [1.165, 1.54) is 6.39 Å². The molecule has 0 N–H and O–H groups in total. The summed E-state index contributed by atoms with van der Waals surface area (Å²) in [6.07, 6.45) is 8.03. The molecule has 0 bridgehead atoms. The highest BCUT2D eigenvalue weighted by Crippen LogP contribution is 2.31. The lowest BCUT2D eigenvalue weighted by Crippen LogP contribution is -2.07. The SMILES string of the molecule is C#CCCC(C)C(=C=C)c1ocnc1C(C)OCOC. The number of allylic oxidation sites excluding steroid dienone is 1. The van der Waals surface area contributed by atoms with Gasteiger partial charge in [0.1, 0.15) is 18.6 Å². The van der Waals surface area contributed by atoms with Crippen LogP contribution in [0.5, 0.6) is 0 Å². The Bertz CT molecular complexity index is 506. The number of ether oxygens (including phenoxy) is 2. The Kier molecular flexibility index (Phi) is 6.83. The second kappa shape index (κ2) is 8.39. The Hall–Kier alpha value is -1.79. The molecule has 0 aliphatic rings. The van der Waals surface area contributed by atoms with Crippen LogP contribution in [0.25, 0.3) is 5.57 Å². The van der Waals surface area contributed by atoms with E-state index >= 15 is 0 Å². The number of hydrogen-bond acceptors (Lipinski definition) is 4. The van der Waals surface area contributed by atoms with Crippen LogP contribution in [0.3, 0.4) is 0 Å². The molecule has 4 heteroatoms. The summed E-state index contributed by atoms with van der Waals surface area (Å²) in [4.78, 5) is 4.22. The van der Waals surface area contributed by atoms with Crippen LogP contribution < -0.4 is 0 Å². The van der Waals surface area contributed by atoms with Crippen LogP contribution in [0.1, 0.15) is 44.2 Å².